The number of pyridine rings is 1. The van der Waals surface area contributed by atoms with Gasteiger partial charge in [0.25, 0.3) is 5.56 Å². The average Bonchev–Trinajstić information content (AvgIpc) is 2.82. The molecule has 0 aliphatic rings. The van der Waals surface area contributed by atoms with Gasteiger partial charge >= 0.3 is 0 Å². The first-order chi connectivity index (χ1) is 15.4. The Morgan fingerprint density at radius 2 is 1.91 bits per heavy atom. The molecule has 162 valence electrons. The highest BCUT2D eigenvalue weighted by Gasteiger charge is 2.25. The minimum Gasteiger partial charge on any atom is -0.397 e. The lowest BCUT2D eigenvalue weighted by Gasteiger charge is -2.26. The summed E-state index contributed by atoms with van der Waals surface area (Å²) >= 11 is 8.59. The lowest BCUT2D eigenvalue weighted by atomic mass is 10.1. The monoisotopic (exact) mass is 558 g/mol. The molecule has 0 aliphatic heterocycles. The maximum Gasteiger partial charge on any atom is 0.293 e. The first-order valence-electron chi connectivity index (χ1n) is 9.83. The molecule has 0 saturated carbocycles. The van der Waals surface area contributed by atoms with Crippen molar-refractivity contribution in [3.05, 3.63) is 94.9 Å². The summed E-state index contributed by atoms with van der Waals surface area (Å²) in [7, 11) is 0. The van der Waals surface area contributed by atoms with Crippen molar-refractivity contribution in [2.45, 2.75) is 12.5 Å². The van der Waals surface area contributed by atoms with E-state index in [4.69, 9.17) is 16.4 Å². The zero-order valence-corrected chi connectivity index (χ0v) is 20.2. The Bertz CT molecular complexity index is 1340. The molecule has 4 aromatic rings. The third-order valence-electron chi connectivity index (χ3n) is 4.89. The van der Waals surface area contributed by atoms with E-state index in [0.29, 0.717) is 37.6 Å². The largest absolute Gasteiger partial charge is 0.397 e. The molecule has 4 rings (SSSR count). The van der Waals surface area contributed by atoms with Crippen molar-refractivity contribution in [3.8, 4) is 11.1 Å². The van der Waals surface area contributed by atoms with E-state index >= 15 is 0 Å². The highest BCUT2D eigenvalue weighted by atomic mass is 127. The topological polar surface area (TPSA) is 69.0 Å². The molecule has 2 aromatic carbocycles. The maximum atomic E-state index is 13.6. The van der Waals surface area contributed by atoms with Crippen molar-refractivity contribution in [1.82, 2.24) is 14.7 Å². The second kappa shape index (κ2) is 9.30. The number of para-hydroxylation sites is 1. The highest BCUT2D eigenvalue weighted by Crippen LogP contribution is 2.28. The molecule has 1 N–H and O–H groups in total. The van der Waals surface area contributed by atoms with Gasteiger partial charge in [0, 0.05) is 32.3 Å². The third-order valence-corrected chi connectivity index (χ3v) is 6.74. The van der Waals surface area contributed by atoms with Gasteiger partial charge in [0.15, 0.2) is 11.2 Å². The summed E-state index contributed by atoms with van der Waals surface area (Å²) < 4.78 is 1.80. The fourth-order valence-corrected chi connectivity index (χ4v) is 3.75. The van der Waals surface area contributed by atoms with Crippen LogP contribution in [-0.2, 0) is 0 Å². The van der Waals surface area contributed by atoms with Crippen molar-refractivity contribution in [2.24, 2.45) is 0 Å². The molecule has 0 bridgehead atoms. The Kier molecular flexibility index (Phi) is 6.48. The molecule has 32 heavy (non-hydrogen) atoms. The molecule has 0 aliphatic carbocycles. The Labute approximate surface area is 204 Å². The van der Waals surface area contributed by atoms with Crippen LogP contribution in [0.15, 0.2) is 84.3 Å². The predicted molar refractivity (Wildman–Crippen MR) is 138 cm³/mol. The summed E-state index contributed by atoms with van der Waals surface area (Å²) in [6.07, 6.45) is 3.33. The maximum absolute atomic E-state index is 13.6. The van der Waals surface area contributed by atoms with Crippen LogP contribution in [0.3, 0.4) is 0 Å². The first-order valence-corrected chi connectivity index (χ1v) is 11.7. The minimum absolute atomic E-state index is 0.345. The van der Waals surface area contributed by atoms with Crippen LogP contribution in [0.2, 0.25) is 5.02 Å². The van der Waals surface area contributed by atoms with Crippen LogP contribution < -0.4 is 15.7 Å². The number of aromatic nitrogens is 3. The van der Waals surface area contributed by atoms with Gasteiger partial charge in [0.1, 0.15) is 0 Å². The van der Waals surface area contributed by atoms with Gasteiger partial charge in [-0.25, -0.2) is 4.98 Å². The summed E-state index contributed by atoms with van der Waals surface area (Å²) in [6, 6.07) is 18.5. The molecule has 0 saturated heterocycles. The van der Waals surface area contributed by atoms with Crippen molar-refractivity contribution < 1.29 is 4.84 Å². The van der Waals surface area contributed by atoms with E-state index in [0.717, 1.165) is 5.69 Å². The number of hydrogen-bond donors (Lipinski definition) is 1. The molecule has 8 heteroatoms. The normalized spacial score (nSPS) is 12.8. The molecular weight excluding hydrogens is 539 g/mol. The molecule has 2 heterocycles. The quantitative estimate of drug-likeness (QED) is 0.180. The van der Waals surface area contributed by atoms with Gasteiger partial charge in [-0.15, -0.1) is 4.73 Å². The number of anilines is 2. The number of hydrogen-bond acceptors (Lipinski definition) is 5. The van der Waals surface area contributed by atoms with Gasteiger partial charge in [0.05, 0.1) is 5.56 Å². The van der Waals surface area contributed by atoms with E-state index in [1.165, 1.54) is 4.73 Å². The standard InChI is InChI=1S/C24H20ClIN4O2/c1-3-24(2,15-26)32-30-21-16(13-19(22(30)31)18-11-7-8-12-20(18)25)14-27-23(29-21)28-17-9-5-4-6-10-17/h3-14H,1,15H2,2H3,(H,27,28,29). The van der Waals surface area contributed by atoms with Crippen LogP contribution in [0.1, 0.15) is 6.92 Å². The van der Waals surface area contributed by atoms with E-state index in [1.807, 2.05) is 49.4 Å². The summed E-state index contributed by atoms with van der Waals surface area (Å²) in [5.41, 5.74) is 1.03. The smallest absolute Gasteiger partial charge is 0.293 e. The Morgan fingerprint density at radius 1 is 1.19 bits per heavy atom. The number of fused-ring (bicyclic) bond motifs is 1. The fraction of sp³-hybridized carbons (Fsp3) is 0.125. The van der Waals surface area contributed by atoms with Gasteiger partial charge in [0.2, 0.25) is 5.95 Å². The highest BCUT2D eigenvalue weighted by molar-refractivity contribution is 14.1. The zero-order valence-electron chi connectivity index (χ0n) is 17.3. The van der Waals surface area contributed by atoms with Crippen LogP contribution in [0, 0.1) is 0 Å². The molecular formula is C24H20ClIN4O2. The second-order valence-corrected chi connectivity index (χ2v) is 8.51. The number of benzene rings is 2. The Balaban J connectivity index is 1.93. The van der Waals surface area contributed by atoms with E-state index in [2.05, 4.69) is 44.5 Å². The summed E-state index contributed by atoms with van der Waals surface area (Å²) in [6.45, 7) is 5.72. The van der Waals surface area contributed by atoms with Crippen molar-refractivity contribution in [1.29, 1.82) is 0 Å². The average molecular weight is 559 g/mol. The molecule has 0 fully saturated rings. The van der Waals surface area contributed by atoms with E-state index < -0.39 is 5.60 Å². The van der Waals surface area contributed by atoms with E-state index in [-0.39, 0.29) is 5.56 Å². The number of halogens is 2. The molecule has 6 nitrogen and oxygen atoms in total. The zero-order chi connectivity index (χ0) is 22.7. The van der Waals surface area contributed by atoms with Gasteiger partial charge in [-0.1, -0.05) is 77.2 Å². The number of nitrogens with zero attached hydrogens (tertiary/aromatic N) is 3. The lowest BCUT2D eigenvalue weighted by molar-refractivity contribution is 0.0122. The predicted octanol–water partition coefficient (Wildman–Crippen LogP) is 5.66. The molecule has 0 amide bonds. The number of alkyl halides is 1. The summed E-state index contributed by atoms with van der Waals surface area (Å²) in [4.78, 5) is 28.8. The Morgan fingerprint density at radius 3 is 2.59 bits per heavy atom. The van der Waals surface area contributed by atoms with Crippen LogP contribution in [0.4, 0.5) is 11.6 Å². The first kappa shape index (κ1) is 22.3. The summed E-state index contributed by atoms with van der Waals surface area (Å²) in [5, 5.41) is 4.26. The van der Waals surface area contributed by atoms with E-state index in [1.54, 1.807) is 30.5 Å². The van der Waals surface area contributed by atoms with Crippen molar-refractivity contribution >= 4 is 56.9 Å². The molecule has 0 radical (unpaired) electrons. The van der Waals surface area contributed by atoms with Crippen LogP contribution >= 0.6 is 34.2 Å². The van der Waals surface area contributed by atoms with Crippen LogP contribution in [0.25, 0.3) is 22.2 Å². The van der Waals surface area contributed by atoms with Gasteiger partial charge in [-0.3, -0.25) is 4.79 Å². The van der Waals surface area contributed by atoms with Crippen molar-refractivity contribution in [3.63, 3.8) is 0 Å². The molecule has 1 unspecified atom stereocenters. The number of nitrogens with one attached hydrogen (secondary N) is 1. The fourth-order valence-electron chi connectivity index (χ4n) is 3.06. The summed E-state index contributed by atoms with van der Waals surface area (Å²) in [5.74, 6) is 0.348. The minimum atomic E-state index is -0.783. The van der Waals surface area contributed by atoms with Crippen LogP contribution in [-0.4, -0.2) is 24.7 Å². The molecule has 0 spiro atoms. The lowest BCUT2D eigenvalue weighted by Crippen LogP contribution is -2.43. The van der Waals surface area contributed by atoms with Crippen LogP contribution in [0.5, 0.6) is 0 Å². The second-order valence-electron chi connectivity index (χ2n) is 7.34. The molecule has 2 aromatic heterocycles. The molecule has 1 atom stereocenters. The van der Waals surface area contributed by atoms with E-state index in [9.17, 15) is 4.79 Å². The third kappa shape index (κ3) is 4.49. The van der Waals surface area contributed by atoms with Crippen molar-refractivity contribution in [2.75, 3.05) is 9.74 Å². The SMILES string of the molecule is C=CC(C)(CI)On1c(=O)c(-c2ccccc2Cl)cc2cnc(Nc3ccccc3)nc21. The Hall–Kier alpha value is -2.91. The number of rotatable bonds is 7. The van der Waals surface area contributed by atoms with Gasteiger partial charge in [-0.2, -0.15) is 4.98 Å². The van der Waals surface area contributed by atoms with Gasteiger partial charge < -0.3 is 10.2 Å². The van der Waals surface area contributed by atoms with Gasteiger partial charge in [-0.05, 0) is 37.3 Å².